The molecule has 2 aromatic rings. The molecule has 0 heterocycles. The molecule has 0 spiro atoms. The van der Waals surface area contributed by atoms with E-state index in [9.17, 15) is 25.3 Å². The van der Waals surface area contributed by atoms with Gasteiger partial charge >= 0.3 is 0 Å². The lowest BCUT2D eigenvalue weighted by atomic mass is 10.1. The van der Waals surface area contributed by atoms with E-state index in [1.165, 1.54) is 25.2 Å². The zero-order chi connectivity index (χ0) is 20.3. The highest BCUT2D eigenvalue weighted by atomic mass is 32.2. The molecule has 0 bridgehead atoms. The summed E-state index contributed by atoms with van der Waals surface area (Å²) in [5, 5.41) is 5.02. The first-order chi connectivity index (χ1) is 12.4. The lowest BCUT2D eigenvalue weighted by Gasteiger charge is -2.09. The smallest absolute Gasteiger partial charge is 0.225 e. The highest BCUT2D eigenvalue weighted by Gasteiger charge is 2.17. The Morgan fingerprint density at radius 2 is 1.44 bits per heavy atom. The van der Waals surface area contributed by atoms with Gasteiger partial charge < -0.3 is 0 Å². The number of nitrogens with one attached hydrogen (secondary N) is 2. The molecule has 27 heavy (non-hydrogen) atoms. The monoisotopic (exact) mass is 433 g/mol. The van der Waals surface area contributed by atoms with E-state index in [-0.39, 0.29) is 22.1 Å². The molecule has 2 aromatic carbocycles. The number of sulfonamides is 3. The van der Waals surface area contributed by atoms with Crippen LogP contribution in [-0.2, 0) is 42.4 Å². The van der Waals surface area contributed by atoms with Crippen LogP contribution in [0, 0.1) is 0 Å². The summed E-state index contributed by atoms with van der Waals surface area (Å²) in [7, 11) is -10.2. The summed E-state index contributed by atoms with van der Waals surface area (Å²) < 4.78 is 75.3. The molecule has 0 aliphatic heterocycles. The molecule has 4 N–H and O–H groups in total. The Labute approximate surface area is 158 Å². The van der Waals surface area contributed by atoms with Crippen LogP contribution >= 0.6 is 0 Å². The van der Waals surface area contributed by atoms with Crippen molar-refractivity contribution in [2.24, 2.45) is 5.14 Å². The van der Waals surface area contributed by atoms with E-state index in [0.29, 0.717) is 11.1 Å². The fourth-order valence-electron chi connectivity index (χ4n) is 2.20. The van der Waals surface area contributed by atoms with Gasteiger partial charge in [0.05, 0.1) is 15.5 Å². The Kier molecular flexibility index (Phi) is 6.39. The van der Waals surface area contributed by atoms with E-state index >= 15 is 0 Å². The summed E-state index contributed by atoms with van der Waals surface area (Å²) >= 11 is 0. The van der Waals surface area contributed by atoms with Gasteiger partial charge in [-0.3, -0.25) is 0 Å². The minimum absolute atomic E-state index is 0.102. The van der Waals surface area contributed by atoms with Crippen molar-refractivity contribution in [3.8, 4) is 0 Å². The van der Waals surface area contributed by atoms with Gasteiger partial charge in [-0.1, -0.05) is 30.3 Å². The van der Waals surface area contributed by atoms with Crippen LogP contribution in [0.3, 0.4) is 0 Å². The molecule has 0 unspecified atom stereocenters. The summed E-state index contributed by atoms with van der Waals surface area (Å²) in [6.07, 6.45) is 0. The summed E-state index contributed by atoms with van der Waals surface area (Å²) in [5.74, 6) is -0.236. The van der Waals surface area contributed by atoms with Crippen molar-refractivity contribution in [1.29, 1.82) is 0 Å². The average Bonchev–Trinajstić information content (AvgIpc) is 2.59. The lowest BCUT2D eigenvalue weighted by Crippen LogP contribution is -2.24. The Morgan fingerprint density at radius 3 is 2.07 bits per heavy atom. The Balaban J connectivity index is 2.19. The van der Waals surface area contributed by atoms with Gasteiger partial charge in [0.2, 0.25) is 30.1 Å². The third kappa shape index (κ3) is 6.09. The molecule has 0 aromatic heterocycles. The molecule has 148 valence electrons. The predicted molar refractivity (Wildman–Crippen MR) is 100.0 cm³/mol. The van der Waals surface area contributed by atoms with E-state index in [0.717, 1.165) is 6.07 Å². The van der Waals surface area contributed by atoms with Crippen LogP contribution < -0.4 is 14.6 Å². The van der Waals surface area contributed by atoms with Crippen molar-refractivity contribution in [3.63, 3.8) is 0 Å². The standard InChI is InChI=1S/C15H19N3O6S3/c1-17-25(19,20)11-13-5-2-4-12(8-13)10-18-27(23,24)15-7-3-6-14(9-15)26(16,21)22/h2-9,17-18H,10-11H2,1H3,(H2,16,21,22). The van der Waals surface area contributed by atoms with Crippen molar-refractivity contribution in [2.45, 2.75) is 22.1 Å². The van der Waals surface area contributed by atoms with Crippen LogP contribution in [0.1, 0.15) is 11.1 Å². The van der Waals surface area contributed by atoms with Crippen molar-refractivity contribution < 1.29 is 25.3 Å². The lowest BCUT2D eigenvalue weighted by molar-refractivity contribution is 0.580. The van der Waals surface area contributed by atoms with Crippen LogP contribution in [0.15, 0.2) is 58.3 Å². The molecule has 0 atom stereocenters. The van der Waals surface area contributed by atoms with Gasteiger partial charge in [0, 0.05) is 6.54 Å². The second-order valence-electron chi connectivity index (χ2n) is 5.63. The first-order valence-corrected chi connectivity index (χ1v) is 12.2. The molecular formula is C15H19N3O6S3. The molecule has 2 rings (SSSR count). The molecule has 0 amide bonds. The zero-order valence-electron chi connectivity index (χ0n) is 14.3. The van der Waals surface area contributed by atoms with Crippen molar-refractivity contribution in [1.82, 2.24) is 9.44 Å². The molecule has 0 saturated heterocycles. The number of primary sulfonamides is 1. The third-order valence-corrected chi connectivity index (χ3v) is 7.22. The largest absolute Gasteiger partial charge is 0.240 e. The highest BCUT2D eigenvalue weighted by Crippen LogP contribution is 2.15. The Morgan fingerprint density at radius 1 is 0.852 bits per heavy atom. The first kappa shape index (κ1) is 21.5. The summed E-state index contributed by atoms with van der Waals surface area (Å²) in [4.78, 5) is -0.562. The van der Waals surface area contributed by atoms with Crippen LogP contribution in [0.4, 0.5) is 0 Å². The Bertz CT molecular complexity index is 1140. The minimum Gasteiger partial charge on any atom is -0.225 e. The van der Waals surface area contributed by atoms with Crippen molar-refractivity contribution in [3.05, 3.63) is 59.7 Å². The molecule has 0 saturated carbocycles. The minimum atomic E-state index is -4.03. The van der Waals surface area contributed by atoms with Crippen LogP contribution in [-0.4, -0.2) is 32.3 Å². The maximum Gasteiger partial charge on any atom is 0.240 e. The van der Waals surface area contributed by atoms with Crippen molar-refractivity contribution >= 4 is 30.1 Å². The quantitative estimate of drug-likeness (QED) is 0.527. The number of benzene rings is 2. The van der Waals surface area contributed by atoms with Crippen molar-refractivity contribution in [2.75, 3.05) is 7.05 Å². The number of hydrogen-bond acceptors (Lipinski definition) is 6. The summed E-state index contributed by atoms with van der Waals surface area (Å²) in [6.45, 7) is -0.102. The molecular weight excluding hydrogens is 414 g/mol. The first-order valence-electron chi connectivity index (χ1n) is 7.54. The van der Waals surface area contributed by atoms with Crippen LogP contribution in [0.2, 0.25) is 0 Å². The van der Waals surface area contributed by atoms with Crippen LogP contribution in [0.5, 0.6) is 0 Å². The Hall–Kier alpha value is -1.83. The van der Waals surface area contributed by atoms with Gasteiger partial charge in [-0.05, 0) is 36.4 Å². The SMILES string of the molecule is CNS(=O)(=O)Cc1cccc(CNS(=O)(=O)c2cccc(S(N)(=O)=O)c2)c1. The normalized spacial score (nSPS) is 12.8. The summed E-state index contributed by atoms with van der Waals surface area (Å²) in [5.41, 5.74) is 1.04. The summed E-state index contributed by atoms with van der Waals surface area (Å²) in [6, 6.07) is 11.1. The topological polar surface area (TPSA) is 152 Å². The molecule has 0 aliphatic rings. The van der Waals surface area contributed by atoms with Gasteiger partial charge in [-0.15, -0.1) is 0 Å². The predicted octanol–water partition coefficient (Wildman–Crippen LogP) is -0.138. The van der Waals surface area contributed by atoms with E-state index in [4.69, 9.17) is 5.14 Å². The highest BCUT2D eigenvalue weighted by molar-refractivity contribution is 7.90. The number of hydrogen-bond donors (Lipinski definition) is 3. The van der Waals surface area contributed by atoms with Gasteiger partial charge in [0.1, 0.15) is 0 Å². The van der Waals surface area contributed by atoms with Gasteiger partial charge in [0.15, 0.2) is 0 Å². The molecule has 0 fully saturated rings. The number of rotatable bonds is 8. The van der Waals surface area contributed by atoms with E-state index in [1.54, 1.807) is 24.3 Å². The fraction of sp³-hybridized carbons (Fsp3) is 0.200. The second-order valence-corrected chi connectivity index (χ2v) is 10.9. The maximum absolute atomic E-state index is 12.4. The van der Waals surface area contributed by atoms with Gasteiger partial charge in [0.25, 0.3) is 0 Å². The van der Waals surface area contributed by atoms with E-state index < -0.39 is 30.1 Å². The average molecular weight is 434 g/mol. The third-order valence-electron chi connectivity index (χ3n) is 3.57. The molecule has 12 heteroatoms. The second kappa shape index (κ2) is 8.04. The molecule has 0 aliphatic carbocycles. The number of nitrogens with two attached hydrogens (primary N) is 1. The van der Waals surface area contributed by atoms with E-state index in [1.807, 2.05) is 0 Å². The van der Waals surface area contributed by atoms with E-state index in [2.05, 4.69) is 9.44 Å². The molecule has 0 radical (unpaired) electrons. The fourth-order valence-corrected chi connectivity index (χ4v) is 4.66. The zero-order valence-corrected chi connectivity index (χ0v) is 16.7. The van der Waals surface area contributed by atoms with Gasteiger partial charge in [-0.25, -0.2) is 39.8 Å². The maximum atomic E-state index is 12.4. The van der Waals surface area contributed by atoms with Gasteiger partial charge in [-0.2, -0.15) is 0 Å². The van der Waals surface area contributed by atoms with Crippen LogP contribution in [0.25, 0.3) is 0 Å². The molecule has 9 nitrogen and oxygen atoms in total.